The molecule has 6 nitrogen and oxygen atoms in total. The number of hydrogen-bond acceptors (Lipinski definition) is 4. The van der Waals surface area contributed by atoms with Crippen molar-refractivity contribution >= 4 is 11.8 Å². The fourth-order valence-corrected chi connectivity index (χ4v) is 2.60. The molecule has 1 N–H and O–H groups in total. The van der Waals surface area contributed by atoms with Crippen LogP contribution in [0, 0.1) is 0 Å². The normalized spacial score (nSPS) is 18.5. The van der Waals surface area contributed by atoms with E-state index in [0.717, 1.165) is 5.56 Å². The predicted octanol–water partition coefficient (Wildman–Crippen LogP) is 1.18. The van der Waals surface area contributed by atoms with Crippen molar-refractivity contribution in [1.29, 1.82) is 0 Å². The molecule has 0 radical (unpaired) electrons. The Kier molecular flexibility index (Phi) is 4.09. The Bertz CT molecular complexity index is 660. The molecule has 22 heavy (non-hydrogen) atoms. The zero-order valence-electron chi connectivity index (χ0n) is 12.0. The minimum absolute atomic E-state index is 0.0525. The summed E-state index contributed by atoms with van der Waals surface area (Å²) in [5.41, 5.74) is 1.23. The molecular formula is C16H16N4O2. The number of aromatic nitrogens is 2. The topological polar surface area (TPSA) is 75.2 Å². The van der Waals surface area contributed by atoms with Gasteiger partial charge in [-0.05, 0) is 5.56 Å². The Labute approximate surface area is 128 Å². The Hall–Kier alpha value is -2.76. The van der Waals surface area contributed by atoms with Gasteiger partial charge in [-0.1, -0.05) is 30.3 Å². The molecule has 1 fully saturated rings. The molecule has 2 aromatic rings. The lowest BCUT2D eigenvalue weighted by Crippen LogP contribution is -2.37. The maximum atomic E-state index is 12.7. The summed E-state index contributed by atoms with van der Waals surface area (Å²) < 4.78 is 0. The Morgan fingerprint density at radius 1 is 1.23 bits per heavy atom. The van der Waals surface area contributed by atoms with Crippen molar-refractivity contribution in [3.05, 3.63) is 60.2 Å². The molecule has 1 aromatic carbocycles. The lowest BCUT2D eigenvalue weighted by molar-refractivity contribution is -0.121. The highest BCUT2D eigenvalue weighted by Crippen LogP contribution is 2.26. The third kappa shape index (κ3) is 2.95. The van der Waals surface area contributed by atoms with E-state index < -0.39 is 0 Å². The van der Waals surface area contributed by atoms with E-state index in [1.807, 2.05) is 30.3 Å². The van der Waals surface area contributed by atoms with Crippen molar-refractivity contribution in [2.24, 2.45) is 0 Å². The van der Waals surface area contributed by atoms with Crippen molar-refractivity contribution in [3.63, 3.8) is 0 Å². The fourth-order valence-electron chi connectivity index (χ4n) is 2.60. The summed E-state index contributed by atoms with van der Waals surface area (Å²) in [4.78, 5) is 34.3. The van der Waals surface area contributed by atoms with Gasteiger partial charge in [-0.25, -0.2) is 4.98 Å². The van der Waals surface area contributed by atoms with Crippen LogP contribution in [-0.4, -0.2) is 39.8 Å². The molecule has 2 amide bonds. The molecule has 1 aliphatic rings. The standard InChI is InChI=1S/C16H16N4O2/c21-15-10-14(12-4-2-1-3-5-12)20(9-8-19-15)16(22)13-11-17-6-7-18-13/h1-7,11,14H,8-10H2,(H,19,21)/t14-/m0/s1. The highest BCUT2D eigenvalue weighted by molar-refractivity contribution is 5.93. The summed E-state index contributed by atoms with van der Waals surface area (Å²) in [7, 11) is 0. The molecule has 1 aromatic heterocycles. The summed E-state index contributed by atoms with van der Waals surface area (Å²) in [6.45, 7) is 0.884. The molecule has 3 rings (SSSR count). The molecule has 0 saturated carbocycles. The first-order valence-electron chi connectivity index (χ1n) is 7.14. The number of benzene rings is 1. The van der Waals surface area contributed by atoms with Gasteiger partial charge in [-0.3, -0.25) is 14.6 Å². The van der Waals surface area contributed by atoms with Gasteiger partial charge in [0.2, 0.25) is 5.91 Å². The largest absolute Gasteiger partial charge is 0.354 e. The zero-order valence-corrected chi connectivity index (χ0v) is 12.0. The van der Waals surface area contributed by atoms with Crippen LogP contribution in [-0.2, 0) is 4.79 Å². The quantitative estimate of drug-likeness (QED) is 0.903. The lowest BCUT2D eigenvalue weighted by atomic mass is 10.0. The lowest BCUT2D eigenvalue weighted by Gasteiger charge is -2.29. The molecule has 6 heteroatoms. The molecule has 112 valence electrons. The van der Waals surface area contributed by atoms with E-state index in [2.05, 4.69) is 15.3 Å². The van der Waals surface area contributed by atoms with Crippen molar-refractivity contribution in [2.45, 2.75) is 12.5 Å². The summed E-state index contributed by atoms with van der Waals surface area (Å²) >= 11 is 0. The van der Waals surface area contributed by atoms with Gasteiger partial charge in [0.1, 0.15) is 5.69 Å². The van der Waals surface area contributed by atoms with Gasteiger partial charge in [-0.2, -0.15) is 0 Å². The van der Waals surface area contributed by atoms with Crippen molar-refractivity contribution < 1.29 is 9.59 Å². The number of nitrogens with zero attached hydrogens (tertiary/aromatic N) is 3. The predicted molar refractivity (Wildman–Crippen MR) is 79.9 cm³/mol. The summed E-state index contributed by atoms with van der Waals surface area (Å²) in [5.74, 6) is -0.262. The second kappa shape index (κ2) is 6.34. The van der Waals surface area contributed by atoms with Gasteiger partial charge < -0.3 is 10.2 Å². The molecule has 0 aliphatic carbocycles. The number of nitrogens with one attached hydrogen (secondary N) is 1. The van der Waals surface area contributed by atoms with Crippen molar-refractivity contribution in [1.82, 2.24) is 20.2 Å². The van der Waals surface area contributed by atoms with Crippen LogP contribution < -0.4 is 5.32 Å². The molecule has 0 unspecified atom stereocenters. The van der Waals surface area contributed by atoms with E-state index in [4.69, 9.17) is 0 Å². The van der Waals surface area contributed by atoms with Crippen LogP contribution in [0.15, 0.2) is 48.9 Å². The summed E-state index contributed by atoms with van der Waals surface area (Å²) in [6.07, 6.45) is 4.71. The third-order valence-electron chi connectivity index (χ3n) is 3.66. The van der Waals surface area contributed by atoms with Crippen LogP contribution in [0.1, 0.15) is 28.5 Å². The minimum atomic E-state index is -0.293. The SMILES string of the molecule is O=C1C[C@@H](c2ccccc2)N(C(=O)c2cnccn2)CCN1. The van der Waals surface area contributed by atoms with Gasteiger partial charge >= 0.3 is 0 Å². The maximum Gasteiger partial charge on any atom is 0.274 e. The monoisotopic (exact) mass is 296 g/mol. The maximum absolute atomic E-state index is 12.7. The van der Waals surface area contributed by atoms with Crippen LogP contribution in [0.5, 0.6) is 0 Å². The van der Waals surface area contributed by atoms with Crippen molar-refractivity contribution in [2.75, 3.05) is 13.1 Å². The number of rotatable bonds is 2. The van der Waals surface area contributed by atoms with E-state index in [1.165, 1.54) is 18.6 Å². The molecule has 0 spiro atoms. The number of carbonyl (C=O) groups excluding carboxylic acids is 2. The number of hydrogen-bond donors (Lipinski definition) is 1. The highest BCUT2D eigenvalue weighted by Gasteiger charge is 2.30. The average molecular weight is 296 g/mol. The smallest absolute Gasteiger partial charge is 0.274 e. The van der Waals surface area contributed by atoms with Crippen LogP contribution in [0.3, 0.4) is 0 Å². The van der Waals surface area contributed by atoms with E-state index >= 15 is 0 Å². The first kappa shape index (κ1) is 14.2. The van der Waals surface area contributed by atoms with Crippen LogP contribution in [0.25, 0.3) is 0 Å². The first-order valence-corrected chi connectivity index (χ1v) is 7.14. The summed E-state index contributed by atoms with van der Waals surface area (Å²) in [6, 6.07) is 9.29. The number of amides is 2. The van der Waals surface area contributed by atoms with Gasteiger partial charge in [0, 0.05) is 25.5 Å². The zero-order chi connectivity index (χ0) is 15.4. The molecular weight excluding hydrogens is 280 g/mol. The fraction of sp³-hybridized carbons (Fsp3) is 0.250. The molecule has 0 bridgehead atoms. The molecule has 1 saturated heterocycles. The van der Waals surface area contributed by atoms with Gasteiger partial charge in [0.05, 0.1) is 18.7 Å². The Morgan fingerprint density at radius 3 is 2.77 bits per heavy atom. The van der Waals surface area contributed by atoms with Crippen LogP contribution in [0.4, 0.5) is 0 Å². The van der Waals surface area contributed by atoms with Gasteiger partial charge in [-0.15, -0.1) is 0 Å². The number of carbonyl (C=O) groups is 2. The second-order valence-corrected chi connectivity index (χ2v) is 5.07. The molecule has 1 atom stereocenters. The minimum Gasteiger partial charge on any atom is -0.354 e. The second-order valence-electron chi connectivity index (χ2n) is 5.07. The van der Waals surface area contributed by atoms with Crippen LogP contribution >= 0.6 is 0 Å². The van der Waals surface area contributed by atoms with Gasteiger partial charge in [0.25, 0.3) is 5.91 Å². The molecule has 1 aliphatic heterocycles. The highest BCUT2D eigenvalue weighted by atomic mass is 16.2. The van der Waals surface area contributed by atoms with E-state index in [0.29, 0.717) is 13.1 Å². The first-order chi connectivity index (χ1) is 10.8. The van der Waals surface area contributed by atoms with Crippen LogP contribution in [0.2, 0.25) is 0 Å². The molecule has 2 heterocycles. The summed E-state index contributed by atoms with van der Waals surface area (Å²) in [5, 5.41) is 2.81. The Balaban J connectivity index is 1.95. The average Bonchev–Trinajstić information content (AvgIpc) is 2.77. The van der Waals surface area contributed by atoms with Crippen molar-refractivity contribution in [3.8, 4) is 0 Å². The van der Waals surface area contributed by atoms with Gasteiger partial charge in [0.15, 0.2) is 0 Å². The van der Waals surface area contributed by atoms with E-state index in [9.17, 15) is 9.59 Å². The van der Waals surface area contributed by atoms with E-state index in [1.54, 1.807) is 4.90 Å². The third-order valence-corrected chi connectivity index (χ3v) is 3.66. The van der Waals surface area contributed by atoms with E-state index in [-0.39, 0.29) is 30.0 Å². The Morgan fingerprint density at radius 2 is 2.05 bits per heavy atom.